The maximum absolute atomic E-state index is 12.3. The molecule has 1 heterocycles. The summed E-state index contributed by atoms with van der Waals surface area (Å²) in [5.74, 6) is 0.0529. The topological polar surface area (TPSA) is 64.4 Å². The fraction of sp³-hybridized carbons (Fsp3) is 0.500. The number of hydrogen-bond acceptors (Lipinski definition) is 3. The molecule has 0 aliphatic carbocycles. The Morgan fingerprint density at radius 3 is 2.47 bits per heavy atom. The third-order valence-electron chi connectivity index (χ3n) is 3.62. The van der Waals surface area contributed by atoms with Gasteiger partial charge in [0.25, 0.3) is 0 Å². The molecule has 0 saturated carbocycles. The second kappa shape index (κ2) is 7.48. The predicted octanol–water partition coefficient (Wildman–Crippen LogP) is 1.48. The number of nitrogens with one attached hydrogen (secondary N) is 1. The highest BCUT2D eigenvalue weighted by Gasteiger charge is 2.38. The molecule has 106 valence electrons. The molecule has 3 N–H and O–H groups in total. The quantitative estimate of drug-likeness (QED) is 0.880. The molecule has 1 saturated heterocycles. The average Bonchev–Trinajstić information content (AvgIpc) is 2.46. The van der Waals surface area contributed by atoms with Gasteiger partial charge in [0.1, 0.15) is 0 Å². The van der Waals surface area contributed by atoms with E-state index in [2.05, 4.69) is 5.32 Å². The van der Waals surface area contributed by atoms with Crippen molar-refractivity contribution in [2.75, 3.05) is 19.8 Å². The van der Waals surface area contributed by atoms with Gasteiger partial charge in [-0.15, -0.1) is 12.4 Å². The molecule has 0 atom stereocenters. The normalized spacial score (nSPS) is 17.3. The molecule has 1 amide bonds. The Kier molecular flexibility index (Phi) is 6.28. The molecule has 19 heavy (non-hydrogen) atoms. The summed E-state index contributed by atoms with van der Waals surface area (Å²) in [5.41, 5.74) is 6.46. The maximum atomic E-state index is 12.3. The SMILES string of the molecule is Cl.NCC1(C(=O)NCc2ccccc2)CCOCC1. The lowest BCUT2D eigenvalue weighted by Crippen LogP contribution is -2.48. The van der Waals surface area contributed by atoms with Crippen molar-refractivity contribution in [1.82, 2.24) is 5.32 Å². The fourth-order valence-electron chi connectivity index (χ4n) is 2.25. The van der Waals surface area contributed by atoms with Gasteiger partial charge in [0, 0.05) is 26.3 Å². The number of carbonyl (C=O) groups is 1. The van der Waals surface area contributed by atoms with Crippen molar-refractivity contribution >= 4 is 18.3 Å². The minimum Gasteiger partial charge on any atom is -0.381 e. The second-order valence-corrected chi connectivity index (χ2v) is 4.77. The summed E-state index contributed by atoms with van der Waals surface area (Å²) in [4.78, 5) is 12.3. The molecule has 0 aromatic heterocycles. The van der Waals surface area contributed by atoms with Gasteiger partial charge < -0.3 is 15.8 Å². The van der Waals surface area contributed by atoms with Crippen LogP contribution in [-0.2, 0) is 16.1 Å². The monoisotopic (exact) mass is 284 g/mol. The van der Waals surface area contributed by atoms with Gasteiger partial charge in [-0.25, -0.2) is 0 Å². The lowest BCUT2D eigenvalue weighted by Gasteiger charge is -2.34. The second-order valence-electron chi connectivity index (χ2n) is 4.77. The summed E-state index contributed by atoms with van der Waals surface area (Å²) in [5, 5.41) is 2.99. The Bertz CT molecular complexity index is 392. The Balaban J connectivity index is 0.00000180. The van der Waals surface area contributed by atoms with E-state index in [0.29, 0.717) is 39.1 Å². The molecule has 4 nitrogen and oxygen atoms in total. The van der Waals surface area contributed by atoms with Crippen molar-refractivity contribution in [1.29, 1.82) is 0 Å². The number of amides is 1. The summed E-state index contributed by atoms with van der Waals surface area (Å²) < 4.78 is 5.30. The highest BCUT2D eigenvalue weighted by atomic mass is 35.5. The Hall–Kier alpha value is -1.10. The first-order valence-corrected chi connectivity index (χ1v) is 6.37. The number of halogens is 1. The third kappa shape index (κ3) is 3.93. The zero-order valence-corrected chi connectivity index (χ0v) is 11.7. The van der Waals surface area contributed by atoms with Crippen LogP contribution in [0.15, 0.2) is 30.3 Å². The summed E-state index contributed by atoms with van der Waals surface area (Å²) in [6, 6.07) is 9.90. The van der Waals surface area contributed by atoms with E-state index in [0.717, 1.165) is 5.56 Å². The Labute approximate surface area is 120 Å². The van der Waals surface area contributed by atoms with E-state index in [1.807, 2.05) is 30.3 Å². The Morgan fingerprint density at radius 2 is 1.89 bits per heavy atom. The first kappa shape index (κ1) is 16.0. The summed E-state index contributed by atoms with van der Waals surface area (Å²) in [6.07, 6.45) is 1.42. The highest BCUT2D eigenvalue weighted by molar-refractivity contribution is 5.85. The molecule has 2 rings (SSSR count). The molecule has 0 unspecified atom stereocenters. The lowest BCUT2D eigenvalue weighted by atomic mass is 9.79. The number of hydrogen-bond donors (Lipinski definition) is 2. The molecule has 1 aliphatic rings. The van der Waals surface area contributed by atoms with E-state index >= 15 is 0 Å². The number of ether oxygens (including phenoxy) is 1. The van der Waals surface area contributed by atoms with Gasteiger partial charge in [-0.05, 0) is 18.4 Å². The molecule has 5 heteroatoms. The van der Waals surface area contributed by atoms with E-state index in [-0.39, 0.29) is 18.3 Å². The van der Waals surface area contributed by atoms with E-state index in [9.17, 15) is 4.79 Å². The fourth-order valence-corrected chi connectivity index (χ4v) is 2.25. The third-order valence-corrected chi connectivity index (χ3v) is 3.62. The first-order chi connectivity index (χ1) is 8.77. The number of benzene rings is 1. The standard InChI is InChI=1S/C14H20N2O2.ClH/c15-11-14(6-8-18-9-7-14)13(17)16-10-12-4-2-1-3-5-12;/h1-5H,6-11,15H2,(H,16,17);1H. The molecular formula is C14H21ClN2O2. The summed E-state index contributed by atoms with van der Waals surface area (Å²) in [7, 11) is 0. The number of carbonyl (C=O) groups excluding carboxylic acids is 1. The first-order valence-electron chi connectivity index (χ1n) is 6.37. The molecule has 1 aromatic rings. The van der Waals surface area contributed by atoms with Crippen LogP contribution in [0.5, 0.6) is 0 Å². The molecule has 0 radical (unpaired) electrons. The van der Waals surface area contributed by atoms with Gasteiger partial charge >= 0.3 is 0 Å². The highest BCUT2D eigenvalue weighted by Crippen LogP contribution is 2.29. The molecular weight excluding hydrogens is 264 g/mol. The summed E-state index contributed by atoms with van der Waals surface area (Å²) >= 11 is 0. The predicted molar refractivity (Wildman–Crippen MR) is 77.1 cm³/mol. The van der Waals surface area contributed by atoms with Crippen LogP contribution in [0.25, 0.3) is 0 Å². The van der Waals surface area contributed by atoms with Gasteiger partial charge in [0.2, 0.25) is 5.91 Å². The van der Waals surface area contributed by atoms with Gasteiger partial charge in [0.05, 0.1) is 5.41 Å². The zero-order valence-electron chi connectivity index (χ0n) is 10.9. The van der Waals surface area contributed by atoms with Crippen molar-refractivity contribution < 1.29 is 9.53 Å². The van der Waals surface area contributed by atoms with E-state index in [4.69, 9.17) is 10.5 Å². The number of nitrogens with two attached hydrogens (primary N) is 1. The number of rotatable bonds is 4. The van der Waals surface area contributed by atoms with E-state index in [1.165, 1.54) is 0 Å². The maximum Gasteiger partial charge on any atom is 0.227 e. The average molecular weight is 285 g/mol. The van der Waals surface area contributed by atoms with Crippen molar-refractivity contribution in [2.45, 2.75) is 19.4 Å². The minimum absolute atomic E-state index is 0. The minimum atomic E-state index is -0.437. The van der Waals surface area contributed by atoms with Crippen LogP contribution in [0.2, 0.25) is 0 Å². The Morgan fingerprint density at radius 1 is 1.26 bits per heavy atom. The van der Waals surface area contributed by atoms with E-state index < -0.39 is 5.41 Å². The molecule has 0 bridgehead atoms. The summed E-state index contributed by atoms with van der Waals surface area (Å²) in [6.45, 7) is 2.19. The van der Waals surface area contributed by atoms with Crippen LogP contribution < -0.4 is 11.1 Å². The zero-order chi connectivity index (χ0) is 12.8. The van der Waals surface area contributed by atoms with Crippen molar-refractivity contribution in [3.8, 4) is 0 Å². The van der Waals surface area contributed by atoms with Crippen molar-refractivity contribution in [3.05, 3.63) is 35.9 Å². The van der Waals surface area contributed by atoms with Gasteiger partial charge in [-0.3, -0.25) is 4.79 Å². The van der Waals surface area contributed by atoms with Gasteiger partial charge in [-0.1, -0.05) is 30.3 Å². The van der Waals surface area contributed by atoms with Crippen LogP contribution in [0.3, 0.4) is 0 Å². The van der Waals surface area contributed by atoms with Gasteiger partial charge in [0.15, 0.2) is 0 Å². The van der Waals surface area contributed by atoms with Gasteiger partial charge in [-0.2, -0.15) is 0 Å². The van der Waals surface area contributed by atoms with E-state index in [1.54, 1.807) is 0 Å². The van der Waals surface area contributed by atoms with Crippen molar-refractivity contribution in [3.63, 3.8) is 0 Å². The van der Waals surface area contributed by atoms with Crippen LogP contribution in [-0.4, -0.2) is 25.7 Å². The largest absolute Gasteiger partial charge is 0.381 e. The molecule has 1 aliphatic heterocycles. The molecule has 1 aromatic carbocycles. The van der Waals surface area contributed by atoms with Crippen LogP contribution >= 0.6 is 12.4 Å². The van der Waals surface area contributed by atoms with Crippen LogP contribution in [0, 0.1) is 5.41 Å². The van der Waals surface area contributed by atoms with Crippen LogP contribution in [0.4, 0.5) is 0 Å². The van der Waals surface area contributed by atoms with Crippen LogP contribution in [0.1, 0.15) is 18.4 Å². The smallest absolute Gasteiger partial charge is 0.227 e. The molecule has 1 fully saturated rings. The molecule has 0 spiro atoms. The lowest BCUT2D eigenvalue weighted by molar-refractivity contribution is -0.136. The van der Waals surface area contributed by atoms with Crippen molar-refractivity contribution in [2.24, 2.45) is 11.1 Å².